The van der Waals surface area contributed by atoms with Gasteiger partial charge in [-0.3, -0.25) is 0 Å². The van der Waals surface area contributed by atoms with Crippen molar-refractivity contribution in [2.45, 2.75) is 20.3 Å². The summed E-state index contributed by atoms with van der Waals surface area (Å²) < 4.78 is 24.2. The highest BCUT2D eigenvalue weighted by Gasteiger charge is 2.15. The first kappa shape index (κ1) is 11.6. The van der Waals surface area contributed by atoms with Gasteiger partial charge in [-0.1, -0.05) is 6.92 Å². The van der Waals surface area contributed by atoms with Crippen molar-refractivity contribution in [2.24, 2.45) is 0 Å². The van der Waals surface area contributed by atoms with Crippen molar-refractivity contribution in [1.82, 2.24) is 10.2 Å². The van der Waals surface area contributed by atoms with Crippen LogP contribution >= 0.6 is 0 Å². The van der Waals surface area contributed by atoms with Crippen LogP contribution in [-0.2, 0) is 6.42 Å². The minimum Gasteiger partial charge on any atom is -0.496 e. The van der Waals surface area contributed by atoms with E-state index in [-0.39, 0.29) is 11.5 Å². The predicted octanol–water partition coefficient (Wildman–Crippen LogP) is 2.76. The number of hydrogen-bond acceptors (Lipinski definition) is 4. The van der Waals surface area contributed by atoms with Crippen molar-refractivity contribution in [3.8, 4) is 17.2 Å². The van der Waals surface area contributed by atoms with Crippen LogP contribution in [0.4, 0.5) is 4.39 Å². The second-order valence-corrected chi connectivity index (χ2v) is 3.66. The van der Waals surface area contributed by atoms with Crippen LogP contribution < -0.4 is 4.74 Å². The lowest BCUT2D eigenvalue weighted by atomic mass is 10.1. The Kier molecular flexibility index (Phi) is 3.08. The van der Waals surface area contributed by atoms with Gasteiger partial charge in [0.05, 0.1) is 12.7 Å². The Labute approximate surface area is 98.4 Å². The molecule has 5 heteroatoms. The molecule has 0 amide bonds. The zero-order valence-corrected chi connectivity index (χ0v) is 9.95. The number of rotatable bonds is 3. The molecule has 0 spiro atoms. The molecule has 1 aromatic carbocycles. The van der Waals surface area contributed by atoms with E-state index in [2.05, 4.69) is 10.2 Å². The first-order valence-corrected chi connectivity index (χ1v) is 5.32. The summed E-state index contributed by atoms with van der Waals surface area (Å²) in [7, 11) is 1.54. The molecule has 4 nitrogen and oxygen atoms in total. The van der Waals surface area contributed by atoms with Crippen LogP contribution in [-0.4, -0.2) is 17.3 Å². The maximum Gasteiger partial charge on any atom is 0.250 e. The molecule has 90 valence electrons. The van der Waals surface area contributed by atoms with Gasteiger partial charge in [0.25, 0.3) is 5.89 Å². The van der Waals surface area contributed by atoms with E-state index in [9.17, 15) is 4.39 Å². The molecule has 1 aromatic heterocycles. The molecule has 0 unspecified atom stereocenters. The predicted molar refractivity (Wildman–Crippen MR) is 60.4 cm³/mol. The van der Waals surface area contributed by atoms with Gasteiger partial charge in [0.1, 0.15) is 11.6 Å². The number of nitrogens with zero attached hydrogens (tertiary/aromatic N) is 2. The lowest BCUT2D eigenvalue weighted by molar-refractivity contribution is 0.410. The Morgan fingerprint density at radius 3 is 2.71 bits per heavy atom. The monoisotopic (exact) mass is 236 g/mol. The van der Waals surface area contributed by atoms with Crippen molar-refractivity contribution < 1.29 is 13.5 Å². The molecule has 0 fully saturated rings. The van der Waals surface area contributed by atoms with Crippen LogP contribution in [0, 0.1) is 12.7 Å². The third kappa shape index (κ3) is 2.13. The SMILES string of the molecule is CCc1nnc(-c2cc(OC)c(C)cc2F)o1. The van der Waals surface area contributed by atoms with E-state index in [4.69, 9.17) is 9.15 Å². The molecule has 0 aliphatic carbocycles. The number of aryl methyl sites for hydroxylation is 2. The number of hydrogen-bond donors (Lipinski definition) is 0. The van der Waals surface area contributed by atoms with Gasteiger partial charge in [-0.2, -0.15) is 0 Å². The average molecular weight is 236 g/mol. The van der Waals surface area contributed by atoms with E-state index in [1.165, 1.54) is 13.2 Å². The first-order valence-electron chi connectivity index (χ1n) is 5.32. The fourth-order valence-corrected chi connectivity index (χ4v) is 1.54. The highest BCUT2D eigenvalue weighted by molar-refractivity contribution is 5.58. The number of benzene rings is 1. The van der Waals surface area contributed by atoms with Gasteiger partial charge in [0, 0.05) is 6.42 Å². The normalized spacial score (nSPS) is 10.6. The van der Waals surface area contributed by atoms with Gasteiger partial charge in [0.2, 0.25) is 5.89 Å². The second-order valence-electron chi connectivity index (χ2n) is 3.66. The number of halogens is 1. The zero-order valence-electron chi connectivity index (χ0n) is 9.95. The van der Waals surface area contributed by atoms with E-state index in [1.54, 1.807) is 13.0 Å². The molecule has 0 bridgehead atoms. The average Bonchev–Trinajstić information content (AvgIpc) is 2.78. The van der Waals surface area contributed by atoms with Crippen LogP contribution in [0.15, 0.2) is 16.5 Å². The molecule has 0 saturated heterocycles. The molecule has 0 atom stereocenters. The largest absolute Gasteiger partial charge is 0.496 e. The molecule has 17 heavy (non-hydrogen) atoms. The van der Waals surface area contributed by atoms with Crippen molar-refractivity contribution in [1.29, 1.82) is 0 Å². The molecular formula is C12H13FN2O2. The molecule has 0 aliphatic rings. The summed E-state index contributed by atoms with van der Waals surface area (Å²) in [6.07, 6.45) is 0.623. The highest BCUT2D eigenvalue weighted by atomic mass is 19.1. The molecule has 2 rings (SSSR count). The summed E-state index contributed by atoms with van der Waals surface area (Å²) in [5, 5.41) is 7.62. The van der Waals surface area contributed by atoms with Gasteiger partial charge in [-0.15, -0.1) is 10.2 Å². The third-order valence-electron chi connectivity index (χ3n) is 2.48. The van der Waals surface area contributed by atoms with E-state index < -0.39 is 5.82 Å². The minimum absolute atomic E-state index is 0.178. The second kappa shape index (κ2) is 4.53. The van der Waals surface area contributed by atoms with E-state index in [0.29, 0.717) is 18.1 Å². The number of aromatic nitrogens is 2. The summed E-state index contributed by atoms with van der Waals surface area (Å²) >= 11 is 0. The van der Waals surface area contributed by atoms with Crippen LogP contribution in [0.25, 0.3) is 11.5 Å². The van der Waals surface area contributed by atoms with Gasteiger partial charge >= 0.3 is 0 Å². The van der Waals surface area contributed by atoms with Crippen LogP contribution in [0.1, 0.15) is 18.4 Å². The Morgan fingerprint density at radius 1 is 1.35 bits per heavy atom. The quantitative estimate of drug-likeness (QED) is 0.822. The number of methoxy groups -OCH3 is 1. The molecule has 2 aromatic rings. The first-order chi connectivity index (χ1) is 8.15. The lowest BCUT2D eigenvalue weighted by Crippen LogP contribution is -1.92. The molecule has 0 N–H and O–H groups in total. The van der Waals surface area contributed by atoms with Gasteiger partial charge in [-0.05, 0) is 24.6 Å². The highest BCUT2D eigenvalue weighted by Crippen LogP contribution is 2.29. The van der Waals surface area contributed by atoms with Gasteiger partial charge in [-0.25, -0.2) is 4.39 Å². The summed E-state index contributed by atoms with van der Waals surface area (Å²) in [6.45, 7) is 3.67. The number of ether oxygens (including phenoxy) is 1. The van der Waals surface area contributed by atoms with Crippen molar-refractivity contribution in [3.05, 3.63) is 29.4 Å². The lowest BCUT2D eigenvalue weighted by Gasteiger charge is -2.06. The van der Waals surface area contributed by atoms with E-state index in [1.807, 2.05) is 6.92 Å². The van der Waals surface area contributed by atoms with Gasteiger partial charge < -0.3 is 9.15 Å². The zero-order chi connectivity index (χ0) is 12.4. The Bertz CT molecular complexity index is 537. The Balaban J connectivity index is 2.50. The van der Waals surface area contributed by atoms with Crippen molar-refractivity contribution in [2.75, 3.05) is 7.11 Å². The Hall–Kier alpha value is -1.91. The maximum atomic E-state index is 13.8. The molecule has 0 radical (unpaired) electrons. The Morgan fingerprint density at radius 2 is 2.12 bits per heavy atom. The van der Waals surface area contributed by atoms with E-state index in [0.717, 1.165) is 5.56 Å². The third-order valence-corrected chi connectivity index (χ3v) is 2.48. The topological polar surface area (TPSA) is 48.2 Å². The van der Waals surface area contributed by atoms with Gasteiger partial charge in [0.15, 0.2) is 0 Å². The fourth-order valence-electron chi connectivity index (χ4n) is 1.54. The summed E-state index contributed by atoms with van der Waals surface area (Å²) in [5.74, 6) is 0.865. The van der Waals surface area contributed by atoms with Crippen LogP contribution in [0.3, 0.4) is 0 Å². The molecule has 1 heterocycles. The van der Waals surface area contributed by atoms with E-state index >= 15 is 0 Å². The summed E-state index contributed by atoms with van der Waals surface area (Å²) in [6, 6.07) is 2.96. The fraction of sp³-hybridized carbons (Fsp3) is 0.333. The van der Waals surface area contributed by atoms with Crippen molar-refractivity contribution in [3.63, 3.8) is 0 Å². The maximum absolute atomic E-state index is 13.8. The summed E-state index contributed by atoms with van der Waals surface area (Å²) in [4.78, 5) is 0. The van der Waals surface area contributed by atoms with Crippen LogP contribution in [0.2, 0.25) is 0 Å². The molecular weight excluding hydrogens is 223 g/mol. The standard InChI is InChI=1S/C12H13FN2O2/c1-4-11-14-15-12(17-11)8-6-10(16-3)7(2)5-9(8)13/h5-6H,4H2,1-3H3. The van der Waals surface area contributed by atoms with Crippen molar-refractivity contribution >= 4 is 0 Å². The van der Waals surface area contributed by atoms with Crippen LogP contribution in [0.5, 0.6) is 5.75 Å². The molecule has 0 saturated carbocycles. The summed E-state index contributed by atoms with van der Waals surface area (Å²) in [5.41, 5.74) is 0.989. The smallest absolute Gasteiger partial charge is 0.250 e. The minimum atomic E-state index is -0.394. The molecule has 0 aliphatic heterocycles.